The van der Waals surface area contributed by atoms with Crippen molar-refractivity contribution in [3.05, 3.63) is 41.0 Å². The van der Waals surface area contributed by atoms with Crippen molar-refractivity contribution in [3.63, 3.8) is 0 Å². The summed E-state index contributed by atoms with van der Waals surface area (Å²) < 4.78 is 5.97. The van der Waals surface area contributed by atoms with Crippen molar-refractivity contribution in [1.82, 2.24) is 10.2 Å². The predicted molar refractivity (Wildman–Crippen MR) is 126 cm³/mol. The summed E-state index contributed by atoms with van der Waals surface area (Å²) in [4.78, 5) is 2.39. The van der Waals surface area contributed by atoms with Gasteiger partial charge in [0.15, 0.2) is 0 Å². The van der Waals surface area contributed by atoms with Crippen LogP contribution in [-0.2, 0) is 6.54 Å². The Bertz CT molecular complexity index is 646. The van der Waals surface area contributed by atoms with Crippen LogP contribution in [0.2, 0.25) is 0 Å². The Morgan fingerprint density at radius 3 is 2.66 bits per heavy atom. The molecule has 0 bridgehead atoms. The van der Waals surface area contributed by atoms with Crippen LogP contribution in [0.1, 0.15) is 79.2 Å². The molecule has 29 heavy (non-hydrogen) atoms. The molecule has 1 unspecified atom stereocenters. The molecule has 164 valence electrons. The highest BCUT2D eigenvalue weighted by molar-refractivity contribution is 5.28. The standard InChI is InChI=1S/C26H44N2O/c1-7-28(8-2)17-18-29-24-13-9-12-23(19-24)20-27-22(4)14-15-25-21(3)11-10-16-26(25,5)6/h9,12-13,19,22,27H,7-8,10-11,14-18,20H2,1-6H3. The van der Waals surface area contributed by atoms with E-state index in [1.165, 1.54) is 37.7 Å². The first-order chi connectivity index (χ1) is 13.9. The van der Waals surface area contributed by atoms with Gasteiger partial charge in [0.05, 0.1) is 0 Å². The summed E-state index contributed by atoms with van der Waals surface area (Å²) in [7, 11) is 0. The van der Waals surface area contributed by atoms with Gasteiger partial charge in [-0.2, -0.15) is 0 Å². The molecule has 2 rings (SSSR count). The molecule has 0 heterocycles. The molecule has 3 nitrogen and oxygen atoms in total. The van der Waals surface area contributed by atoms with Crippen molar-refractivity contribution in [2.24, 2.45) is 5.41 Å². The number of allylic oxidation sites excluding steroid dienone is 2. The van der Waals surface area contributed by atoms with Gasteiger partial charge in [-0.3, -0.25) is 0 Å². The van der Waals surface area contributed by atoms with Gasteiger partial charge in [-0.15, -0.1) is 0 Å². The van der Waals surface area contributed by atoms with Crippen molar-refractivity contribution in [2.75, 3.05) is 26.2 Å². The molecule has 1 aliphatic carbocycles. The van der Waals surface area contributed by atoms with Gasteiger partial charge in [0.25, 0.3) is 0 Å². The summed E-state index contributed by atoms with van der Waals surface area (Å²) in [6.07, 6.45) is 6.41. The van der Waals surface area contributed by atoms with Gasteiger partial charge >= 0.3 is 0 Å². The van der Waals surface area contributed by atoms with E-state index in [0.717, 1.165) is 38.5 Å². The number of ether oxygens (including phenoxy) is 1. The Morgan fingerprint density at radius 1 is 1.21 bits per heavy atom. The van der Waals surface area contributed by atoms with Gasteiger partial charge in [-0.1, -0.05) is 51.0 Å². The van der Waals surface area contributed by atoms with Gasteiger partial charge in [0.1, 0.15) is 12.4 Å². The minimum absolute atomic E-state index is 0.388. The molecule has 1 N–H and O–H groups in total. The third kappa shape index (κ3) is 7.79. The van der Waals surface area contributed by atoms with Gasteiger partial charge in [0, 0.05) is 19.1 Å². The van der Waals surface area contributed by atoms with Crippen molar-refractivity contribution in [3.8, 4) is 5.75 Å². The largest absolute Gasteiger partial charge is 0.492 e. The average Bonchev–Trinajstić information content (AvgIpc) is 2.69. The van der Waals surface area contributed by atoms with E-state index >= 15 is 0 Å². The first-order valence-corrected chi connectivity index (χ1v) is 11.7. The second-order valence-corrected chi connectivity index (χ2v) is 9.34. The number of hydrogen-bond acceptors (Lipinski definition) is 3. The summed E-state index contributed by atoms with van der Waals surface area (Å²) in [5, 5.41) is 3.71. The molecule has 1 aromatic rings. The Balaban J connectivity index is 1.77. The van der Waals surface area contributed by atoms with Gasteiger partial charge in [0.2, 0.25) is 0 Å². The number of hydrogen-bond donors (Lipinski definition) is 1. The summed E-state index contributed by atoms with van der Waals surface area (Å²) in [5.74, 6) is 0.980. The Labute approximate surface area is 179 Å². The van der Waals surface area contributed by atoms with Crippen LogP contribution in [0.3, 0.4) is 0 Å². The first-order valence-electron chi connectivity index (χ1n) is 11.7. The smallest absolute Gasteiger partial charge is 0.119 e. The van der Waals surface area contributed by atoms with E-state index in [4.69, 9.17) is 4.74 Å². The first kappa shape index (κ1) is 24.0. The zero-order chi connectivity index (χ0) is 21.3. The lowest BCUT2D eigenvalue weighted by Crippen LogP contribution is -2.28. The summed E-state index contributed by atoms with van der Waals surface area (Å²) in [6.45, 7) is 18.7. The minimum Gasteiger partial charge on any atom is -0.492 e. The molecule has 1 aromatic carbocycles. The topological polar surface area (TPSA) is 24.5 Å². The van der Waals surface area contributed by atoms with E-state index in [1.807, 2.05) is 0 Å². The maximum Gasteiger partial charge on any atom is 0.119 e. The fourth-order valence-electron chi connectivity index (χ4n) is 4.56. The van der Waals surface area contributed by atoms with Gasteiger partial charge in [-0.05, 0) is 82.2 Å². The number of nitrogens with zero attached hydrogens (tertiary/aromatic N) is 1. The van der Waals surface area contributed by atoms with Crippen LogP contribution in [0.25, 0.3) is 0 Å². The monoisotopic (exact) mass is 400 g/mol. The molecule has 0 aromatic heterocycles. The van der Waals surface area contributed by atoms with Gasteiger partial charge in [-0.25, -0.2) is 0 Å². The van der Waals surface area contributed by atoms with Crippen LogP contribution in [0.4, 0.5) is 0 Å². The molecule has 0 radical (unpaired) electrons. The van der Waals surface area contributed by atoms with E-state index in [-0.39, 0.29) is 0 Å². The van der Waals surface area contributed by atoms with E-state index in [9.17, 15) is 0 Å². The quantitative estimate of drug-likeness (QED) is 0.423. The van der Waals surface area contributed by atoms with E-state index in [0.29, 0.717) is 11.5 Å². The maximum absolute atomic E-state index is 5.97. The second kappa shape index (κ2) is 11.8. The molecule has 1 aliphatic rings. The lowest BCUT2D eigenvalue weighted by Gasteiger charge is -2.35. The fourth-order valence-corrected chi connectivity index (χ4v) is 4.56. The summed E-state index contributed by atoms with van der Waals surface area (Å²) in [6, 6.07) is 9.05. The molecular formula is C26H44N2O. The average molecular weight is 401 g/mol. The number of rotatable bonds is 12. The number of nitrogens with one attached hydrogen (secondary N) is 1. The van der Waals surface area contributed by atoms with Crippen LogP contribution in [0, 0.1) is 5.41 Å². The SMILES string of the molecule is CCN(CC)CCOc1cccc(CNC(C)CCC2=C(C)CCCC2(C)C)c1. The molecule has 0 spiro atoms. The third-order valence-electron chi connectivity index (χ3n) is 6.64. The lowest BCUT2D eigenvalue weighted by atomic mass is 9.71. The Kier molecular flexibility index (Phi) is 9.71. The Morgan fingerprint density at radius 2 is 1.97 bits per heavy atom. The minimum atomic E-state index is 0.388. The summed E-state index contributed by atoms with van der Waals surface area (Å²) in [5.41, 5.74) is 5.04. The highest BCUT2D eigenvalue weighted by Crippen LogP contribution is 2.42. The number of benzene rings is 1. The lowest BCUT2D eigenvalue weighted by molar-refractivity contribution is 0.222. The molecule has 0 saturated heterocycles. The van der Waals surface area contributed by atoms with Crippen molar-refractivity contribution in [1.29, 1.82) is 0 Å². The third-order valence-corrected chi connectivity index (χ3v) is 6.64. The van der Waals surface area contributed by atoms with Crippen molar-refractivity contribution in [2.45, 2.75) is 86.2 Å². The van der Waals surface area contributed by atoms with E-state index < -0.39 is 0 Å². The molecular weight excluding hydrogens is 356 g/mol. The zero-order valence-corrected chi connectivity index (χ0v) is 19.8. The highest BCUT2D eigenvalue weighted by Gasteiger charge is 2.28. The highest BCUT2D eigenvalue weighted by atomic mass is 16.5. The Hall–Kier alpha value is -1.32. The normalized spacial score (nSPS) is 17.6. The molecule has 0 saturated carbocycles. The predicted octanol–water partition coefficient (Wildman–Crippen LogP) is 6.19. The van der Waals surface area contributed by atoms with Crippen molar-refractivity contribution >= 4 is 0 Å². The van der Waals surface area contributed by atoms with E-state index in [2.05, 4.69) is 76.0 Å². The van der Waals surface area contributed by atoms with Crippen molar-refractivity contribution < 1.29 is 4.74 Å². The molecule has 0 fully saturated rings. The fraction of sp³-hybridized carbons (Fsp3) is 0.692. The van der Waals surface area contributed by atoms with E-state index in [1.54, 1.807) is 11.1 Å². The second-order valence-electron chi connectivity index (χ2n) is 9.34. The van der Waals surface area contributed by atoms with Crippen LogP contribution in [0.15, 0.2) is 35.4 Å². The molecule has 1 atom stereocenters. The summed E-state index contributed by atoms with van der Waals surface area (Å²) >= 11 is 0. The molecule has 3 heteroatoms. The van der Waals surface area contributed by atoms with Crippen LogP contribution in [0.5, 0.6) is 5.75 Å². The van der Waals surface area contributed by atoms with Crippen LogP contribution >= 0.6 is 0 Å². The maximum atomic E-state index is 5.97. The van der Waals surface area contributed by atoms with Gasteiger partial charge < -0.3 is 15.0 Å². The molecule has 0 amide bonds. The molecule has 0 aliphatic heterocycles. The van der Waals surface area contributed by atoms with Crippen LogP contribution < -0.4 is 10.1 Å². The zero-order valence-electron chi connectivity index (χ0n) is 19.8. The van der Waals surface area contributed by atoms with Crippen LogP contribution in [-0.4, -0.2) is 37.2 Å². The number of likely N-dealkylation sites (N-methyl/N-ethyl adjacent to an activating group) is 1.